The van der Waals surface area contributed by atoms with Gasteiger partial charge in [-0.2, -0.15) is 10.4 Å². The van der Waals surface area contributed by atoms with Crippen LogP contribution in [0.5, 0.6) is 5.75 Å². The number of likely N-dealkylation sites (N-methyl/N-ethyl adjacent to an activating group) is 1. The minimum Gasteiger partial charge on any atom is -0.490 e. The summed E-state index contributed by atoms with van der Waals surface area (Å²) in [5.41, 5.74) is 4.11. The van der Waals surface area contributed by atoms with Crippen molar-refractivity contribution in [2.24, 2.45) is 0 Å². The summed E-state index contributed by atoms with van der Waals surface area (Å²) >= 11 is 0. The highest BCUT2D eigenvalue weighted by Gasteiger charge is 2.16. The molecule has 1 N–H and O–H groups in total. The largest absolute Gasteiger partial charge is 0.490 e. The molecular formula is C25H24N4O2. The van der Waals surface area contributed by atoms with E-state index in [4.69, 9.17) is 9.84 Å². The lowest BCUT2D eigenvalue weighted by atomic mass is 10.0. The average Bonchev–Trinajstić information content (AvgIpc) is 3.20. The third kappa shape index (κ3) is 5.09. The van der Waals surface area contributed by atoms with Crippen molar-refractivity contribution in [3.8, 4) is 28.8 Å². The highest BCUT2D eigenvalue weighted by molar-refractivity contribution is 6.02. The zero-order valence-electron chi connectivity index (χ0n) is 17.6. The lowest BCUT2D eigenvalue weighted by Crippen LogP contribution is -2.23. The van der Waals surface area contributed by atoms with Gasteiger partial charge >= 0.3 is 0 Å². The van der Waals surface area contributed by atoms with Crippen LogP contribution >= 0.6 is 0 Å². The van der Waals surface area contributed by atoms with Gasteiger partial charge in [0.25, 0.3) is 5.91 Å². The van der Waals surface area contributed by atoms with Gasteiger partial charge in [0.2, 0.25) is 0 Å². The van der Waals surface area contributed by atoms with Crippen molar-refractivity contribution in [1.29, 1.82) is 5.26 Å². The second-order valence-corrected chi connectivity index (χ2v) is 6.82. The van der Waals surface area contributed by atoms with Crippen LogP contribution in [0.2, 0.25) is 0 Å². The molecule has 6 nitrogen and oxygen atoms in total. The molecule has 0 aliphatic carbocycles. The van der Waals surface area contributed by atoms with Gasteiger partial charge in [-0.05, 0) is 55.8 Å². The summed E-state index contributed by atoms with van der Waals surface area (Å²) in [6.07, 6.45) is 5.09. The molecule has 156 valence electrons. The minimum absolute atomic E-state index is 0.0271. The van der Waals surface area contributed by atoms with E-state index in [1.807, 2.05) is 74.6 Å². The molecule has 0 aliphatic heterocycles. The molecule has 3 aromatic rings. The normalized spacial score (nSPS) is 10.9. The maximum Gasteiger partial charge on any atom is 0.261 e. The first kappa shape index (κ1) is 21.6. The van der Waals surface area contributed by atoms with Gasteiger partial charge in [0.1, 0.15) is 29.7 Å². The number of hydrogen-bond donors (Lipinski definition) is 1. The van der Waals surface area contributed by atoms with Gasteiger partial charge in [0, 0.05) is 23.9 Å². The Labute approximate surface area is 182 Å². The number of hydrogen-bond acceptors (Lipinski definition) is 4. The monoisotopic (exact) mass is 412 g/mol. The third-order valence-electron chi connectivity index (χ3n) is 4.59. The summed E-state index contributed by atoms with van der Waals surface area (Å²) in [5, 5.41) is 17.0. The molecule has 1 amide bonds. The Morgan fingerprint density at radius 3 is 2.71 bits per heavy atom. The summed E-state index contributed by atoms with van der Waals surface area (Å²) in [4.78, 5) is 12.3. The van der Waals surface area contributed by atoms with E-state index < -0.39 is 5.91 Å². The molecule has 0 atom stereocenters. The van der Waals surface area contributed by atoms with Crippen LogP contribution in [0.3, 0.4) is 0 Å². The molecule has 0 fully saturated rings. The average molecular weight is 412 g/mol. The lowest BCUT2D eigenvalue weighted by molar-refractivity contribution is -0.116. The van der Waals surface area contributed by atoms with Crippen LogP contribution in [-0.2, 0) is 4.79 Å². The summed E-state index contributed by atoms with van der Waals surface area (Å²) in [5.74, 6) is 0.328. The van der Waals surface area contributed by atoms with E-state index in [0.717, 1.165) is 22.6 Å². The third-order valence-corrected chi connectivity index (χ3v) is 4.59. The van der Waals surface area contributed by atoms with Crippen LogP contribution in [0.1, 0.15) is 18.1 Å². The van der Waals surface area contributed by atoms with Crippen LogP contribution in [0.25, 0.3) is 23.0 Å². The number of aryl methyl sites for hydroxylation is 1. The van der Waals surface area contributed by atoms with Crippen LogP contribution < -0.4 is 10.1 Å². The van der Waals surface area contributed by atoms with Gasteiger partial charge in [-0.1, -0.05) is 30.9 Å². The van der Waals surface area contributed by atoms with Crippen molar-refractivity contribution in [2.45, 2.75) is 13.8 Å². The predicted molar refractivity (Wildman–Crippen MR) is 122 cm³/mol. The summed E-state index contributed by atoms with van der Waals surface area (Å²) in [6, 6.07) is 17.4. The van der Waals surface area contributed by atoms with Crippen molar-refractivity contribution in [2.75, 3.05) is 13.2 Å². The van der Waals surface area contributed by atoms with Gasteiger partial charge in [0.15, 0.2) is 0 Å². The van der Waals surface area contributed by atoms with Crippen molar-refractivity contribution in [3.05, 3.63) is 84.1 Å². The Bertz CT molecular complexity index is 1150. The van der Waals surface area contributed by atoms with Gasteiger partial charge in [0.05, 0.1) is 5.69 Å². The van der Waals surface area contributed by atoms with Gasteiger partial charge in [-0.3, -0.25) is 4.79 Å². The highest BCUT2D eigenvalue weighted by Crippen LogP contribution is 2.30. The molecule has 3 rings (SSSR count). The number of rotatable bonds is 8. The topological polar surface area (TPSA) is 79.9 Å². The first-order valence-electron chi connectivity index (χ1n) is 9.97. The van der Waals surface area contributed by atoms with Crippen molar-refractivity contribution >= 4 is 12.0 Å². The maximum absolute atomic E-state index is 12.3. The van der Waals surface area contributed by atoms with E-state index >= 15 is 0 Å². The van der Waals surface area contributed by atoms with E-state index in [9.17, 15) is 10.1 Å². The second-order valence-electron chi connectivity index (χ2n) is 6.82. The van der Waals surface area contributed by atoms with Crippen LogP contribution in [0.15, 0.2) is 73.0 Å². The quantitative estimate of drug-likeness (QED) is 0.337. The van der Waals surface area contributed by atoms with E-state index in [1.165, 1.54) is 0 Å². The summed E-state index contributed by atoms with van der Waals surface area (Å²) < 4.78 is 7.37. The van der Waals surface area contributed by atoms with Crippen LogP contribution in [0.4, 0.5) is 0 Å². The zero-order valence-corrected chi connectivity index (χ0v) is 17.6. The van der Waals surface area contributed by atoms with Crippen LogP contribution in [-0.4, -0.2) is 28.8 Å². The zero-order chi connectivity index (χ0) is 22.2. The molecule has 0 saturated carbocycles. The standard InChI is InChI=1S/C25H24N4O2/c1-4-13-31-22-11-12-23(18(3)14-22)24-20(15-19(16-26)25(30)27-5-2)17-29(28-24)21-9-7-6-8-10-21/h4,6-12,14-15,17H,1,5,13H2,2-3H3,(H,27,30)/b19-15+. The van der Waals surface area contributed by atoms with Crippen LogP contribution in [0, 0.1) is 18.3 Å². The van der Waals surface area contributed by atoms with E-state index in [1.54, 1.807) is 16.8 Å². The molecule has 0 unspecified atom stereocenters. The van der Waals surface area contributed by atoms with Gasteiger partial charge < -0.3 is 10.1 Å². The predicted octanol–water partition coefficient (Wildman–Crippen LogP) is 4.46. The molecular weight excluding hydrogens is 388 g/mol. The molecule has 1 aromatic heterocycles. The first-order valence-corrected chi connectivity index (χ1v) is 9.97. The molecule has 0 aliphatic rings. The maximum atomic E-state index is 12.3. The molecule has 6 heteroatoms. The number of nitrogens with one attached hydrogen (secondary N) is 1. The molecule has 0 spiro atoms. The Morgan fingerprint density at radius 1 is 1.29 bits per heavy atom. The van der Waals surface area contributed by atoms with Gasteiger partial charge in [-0.15, -0.1) is 0 Å². The number of ether oxygens (including phenoxy) is 1. The Morgan fingerprint density at radius 2 is 2.06 bits per heavy atom. The summed E-state index contributed by atoms with van der Waals surface area (Å²) in [7, 11) is 0. The number of amides is 1. The van der Waals surface area contributed by atoms with E-state index in [-0.39, 0.29) is 5.57 Å². The second kappa shape index (κ2) is 10.1. The minimum atomic E-state index is -0.409. The van der Waals surface area contributed by atoms with E-state index in [0.29, 0.717) is 24.4 Å². The van der Waals surface area contributed by atoms with Crippen molar-refractivity contribution in [1.82, 2.24) is 15.1 Å². The number of benzene rings is 2. The lowest BCUT2D eigenvalue weighted by Gasteiger charge is -2.09. The number of nitrogens with zero attached hydrogens (tertiary/aromatic N) is 3. The highest BCUT2D eigenvalue weighted by atomic mass is 16.5. The number of carbonyl (C=O) groups excluding carboxylic acids is 1. The Kier molecular flexibility index (Phi) is 7.02. The Balaban J connectivity index is 2.12. The smallest absolute Gasteiger partial charge is 0.261 e. The molecule has 0 radical (unpaired) electrons. The molecule has 1 heterocycles. The number of para-hydroxylation sites is 1. The number of nitriles is 1. The molecule has 2 aromatic carbocycles. The Hall–Kier alpha value is -4.11. The van der Waals surface area contributed by atoms with Crippen molar-refractivity contribution in [3.63, 3.8) is 0 Å². The fourth-order valence-electron chi connectivity index (χ4n) is 3.12. The number of carbonyl (C=O) groups is 1. The molecule has 0 saturated heterocycles. The van der Waals surface area contributed by atoms with E-state index in [2.05, 4.69) is 11.9 Å². The first-order chi connectivity index (χ1) is 15.1. The van der Waals surface area contributed by atoms with Crippen molar-refractivity contribution < 1.29 is 9.53 Å². The molecule has 31 heavy (non-hydrogen) atoms. The molecule has 0 bridgehead atoms. The number of aromatic nitrogens is 2. The van der Waals surface area contributed by atoms with Gasteiger partial charge in [-0.25, -0.2) is 4.68 Å². The fraction of sp³-hybridized carbons (Fsp3) is 0.160. The fourth-order valence-corrected chi connectivity index (χ4v) is 3.12. The summed E-state index contributed by atoms with van der Waals surface area (Å²) in [6.45, 7) is 8.32. The SMILES string of the molecule is C=CCOc1ccc(-c2nn(-c3ccccc3)cc2/C=C(\C#N)C(=O)NCC)c(C)c1.